The second-order valence-corrected chi connectivity index (χ2v) is 7.96. The van der Waals surface area contributed by atoms with Gasteiger partial charge in [0.25, 0.3) is 0 Å². The third-order valence-corrected chi connectivity index (χ3v) is 5.15. The van der Waals surface area contributed by atoms with E-state index in [1.165, 1.54) is 11.8 Å². The van der Waals surface area contributed by atoms with Gasteiger partial charge in [0.1, 0.15) is 5.25 Å². The number of halogens is 2. The number of anilines is 1. The van der Waals surface area contributed by atoms with E-state index in [1.807, 2.05) is 44.2 Å². The van der Waals surface area contributed by atoms with Gasteiger partial charge in [0, 0.05) is 15.6 Å². The minimum atomic E-state index is -0.684. The van der Waals surface area contributed by atoms with E-state index < -0.39 is 10.1 Å². The molecule has 0 bridgehead atoms. The third-order valence-electron chi connectivity index (χ3n) is 2.97. The molecule has 0 radical (unpaired) electrons. The number of nitrogens with one attached hydrogen (secondary N) is 1. The molecule has 0 saturated heterocycles. The van der Waals surface area contributed by atoms with Crippen LogP contribution in [0, 0.1) is 0 Å². The first kappa shape index (κ1) is 17.2. The molecule has 0 aromatic heterocycles. The Kier molecular flexibility index (Phi) is 5.79. The van der Waals surface area contributed by atoms with Gasteiger partial charge in [-0.3, -0.25) is 4.79 Å². The summed E-state index contributed by atoms with van der Waals surface area (Å²) in [5, 5.41) is 3.10. The van der Waals surface area contributed by atoms with Gasteiger partial charge in [-0.05, 0) is 50.2 Å². The second kappa shape index (κ2) is 7.40. The van der Waals surface area contributed by atoms with Crippen molar-refractivity contribution in [1.29, 1.82) is 0 Å². The molecule has 22 heavy (non-hydrogen) atoms. The maximum Gasteiger partial charge on any atom is 0.239 e. The number of carbonyl (C=O) groups is 1. The fraction of sp³-hybridized carbons (Fsp3) is 0.235. The molecule has 1 N–H and O–H groups in total. The van der Waals surface area contributed by atoms with Crippen LogP contribution >= 0.6 is 35.0 Å². The number of hydrogen-bond donors (Lipinski definition) is 1. The van der Waals surface area contributed by atoms with Gasteiger partial charge in [0.2, 0.25) is 5.91 Å². The number of alkyl halides is 1. The number of thioether (sulfide) groups is 1. The predicted octanol–water partition coefficient (Wildman–Crippen LogP) is 5.46. The smallest absolute Gasteiger partial charge is 0.239 e. The van der Waals surface area contributed by atoms with Crippen LogP contribution in [-0.2, 0) is 4.79 Å². The first-order chi connectivity index (χ1) is 10.4. The van der Waals surface area contributed by atoms with Crippen LogP contribution in [0.4, 0.5) is 5.69 Å². The summed E-state index contributed by atoms with van der Waals surface area (Å²) >= 11 is 13.7. The van der Waals surface area contributed by atoms with Crippen LogP contribution in [-0.4, -0.2) is 16.0 Å². The van der Waals surface area contributed by atoms with Gasteiger partial charge in [-0.1, -0.05) is 29.8 Å². The van der Waals surface area contributed by atoms with Gasteiger partial charge in [-0.25, -0.2) is 0 Å². The molecule has 0 saturated carbocycles. The lowest BCUT2D eigenvalue weighted by Gasteiger charge is -2.27. The molecule has 0 unspecified atom stereocenters. The standard InChI is InChI=1S/C17H17Cl2NOS/c1-17(2,19)15(22-14-6-4-3-5-7-14)16(21)20-13-10-8-12(18)9-11-13/h3-11,15H,1-2H3,(H,20,21)/t15-/m1/s1. The normalized spacial score (nSPS) is 12.7. The maximum atomic E-state index is 12.6. The van der Waals surface area contributed by atoms with Crippen molar-refractivity contribution >= 4 is 46.6 Å². The van der Waals surface area contributed by atoms with Gasteiger partial charge in [-0.2, -0.15) is 0 Å². The average Bonchev–Trinajstić information content (AvgIpc) is 2.47. The molecule has 0 aliphatic rings. The molecule has 5 heteroatoms. The lowest BCUT2D eigenvalue weighted by molar-refractivity contribution is -0.116. The molecule has 1 atom stereocenters. The summed E-state index contributed by atoms with van der Waals surface area (Å²) in [4.78, 5) is 12.9. The summed E-state index contributed by atoms with van der Waals surface area (Å²) in [5.74, 6) is -0.129. The second-order valence-electron chi connectivity index (χ2n) is 5.37. The molecule has 0 heterocycles. The largest absolute Gasteiger partial charge is 0.325 e. The molecule has 2 rings (SSSR count). The third kappa shape index (κ3) is 4.94. The van der Waals surface area contributed by atoms with E-state index in [1.54, 1.807) is 24.3 Å². The predicted molar refractivity (Wildman–Crippen MR) is 96.1 cm³/mol. The van der Waals surface area contributed by atoms with Crippen molar-refractivity contribution in [2.45, 2.75) is 28.9 Å². The lowest BCUT2D eigenvalue weighted by Crippen LogP contribution is -2.38. The summed E-state index contributed by atoms with van der Waals surface area (Å²) < 4.78 is 0. The molecular formula is C17H17Cl2NOS. The van der Waals surface area contributed by atoms with E-state index >= 15 is 0 Å². The molecule has 0 aliphatic heterocycles. The van der Waals surface area contributed by atoms with Crippen LogP contribution in [0.2, 0.25) is 5.02 Å². The van der Waals surface area contributed by atoms with Crippen LogP contribution in [0.15, 0.2) is 59.5 Å². The van der Waals surface area contributed by atoms with E-state index in [9.17, 15) is 4.79 Å². The Bertz CT molecular complexity index is 623. The monoisotopic (exact) mass is 353 g/mol. The fourth-order valence-corrected chi connectivity index (χ4v) is 3.27. The van der Waals surface area contributed by atoms with Gasteiger partial charge in [-0.15, -0.1) is 23.4 Å². The van der Waals surface area contributed by atoms with E-state index in [0.29, 0.717) is 10.7 Å². The zero-order valence-electron chi connectivity index (χ0n) is 12.3. The number of hydrogen-bond acceptors (Lipinski definition) is 2. The minimum Gasteiger partial charge on any atom is -0.325 e. The van der Waals surface area contributed by atoms with Gasteiger partial charge in [0.05, 0.1) is 4.87 Å². The Balaban J connectivity index is 2.15. The van der Waals surface area contributed by atoms with Crippen LogP contribution in [0.5, 0.6) is 0 Å². The van der Waals surface area contributed by atoms with Gasteiger partial charge in [0.15, 0.2) is 0 Å². The van der Waals surface area contributed by atoms with Crippen molar-refractivity contribution in [3.63, 3.8) is 0 Å². The Hall–Kier alpha value is -1.16. The fourth-order valence-electron chi connectivity index (χ4n) is 1.88. The number of benzene rings is 2. The average molecular weight is 354 g/mol. The van der Waals surface area contributed by atoms with Crippen LogP contribution in [0.1, 0.15) is 13.8 Å². The molecule has 0 aliphatic carbocycles. The number of amides is 1. The van der Waals surface area contributed by atoms with Crippen molar-refractivity contribution in [3.05, 3.63) is 59.6 Å². The van der Waals surface area contributed by atoms with Crippen molar-refractivity contribution in [2.24, 2.45) is 0 Å². The maximum absolute atomic E-state index is 12.6. The highest BCUT2D eigenvalue weighted by atomic mass is 35.5. The Morgan fingerprint density at radius 1 is 1.09 bits per heavy atom. The van der Waals surface area contributed by atoms with E-state index in [0.717, 1.165) is 4.90 Å². The van der Waals surface area contributed by atoms with Crippen molar-refractivity contribution in [2.75, 3.05) is 5.32 Å². The van der Waals surface area contributed by atoms with Crippen LogP contribution in [0.3, 0.4) is 0 Å². The van der Waals surface area contributed by atoms with Crippen molar-refractivity contribution in [1.82, 2.24) is 0 Å². The van der Waals surface area contributed by atoms with Crippen LogP contribution < -0.4 is 5.32 Å². The molecule has 0 spiro atoms. The van der Waals surface area contributed by atoms with E-state index in [2.05, 4.69) is 5.32 Å². The van der Waals surface area contributed by atoms with Crippen molar-refractivity contribution < 1.29 is 4.79 Å². The Morgan fingerprint density at radius 2 is 1.68 bits per heavy atom. The van der Waals surface area contributed by atoms with Crippen LogP contribution in [0.25, 0.3) is 0 Å². The van der Waals surface area contributed by atoms with E-state index in [-0.39, 0.29) is 5.91 Å². The zero-order valence-corrected chi connectivity index (χ0v) is 14.7. The first-order valence-corrected chi connectivity index (χ1v) is 8.47. The quantitative estimate of drug-likeness (QED) is 0.571. The van der Waals surface area contributed by atoms with Gasteiger partial charge < -0.3 is 5.32 Å². The Labute approximate surface area is 145 Å². The molecule has 116 valence electrons. The summed E-state index contributed by atoms with van der Waals surface area (Å²) in [5.41, 5.74) is 0.703. The number of carbonyl (C=O) groups excluding carboxylic acids is 1. The first-order valence-electron chi connectivity index (χ1n) is 6.83. The topological polar surface area (TPSA) is 29.1 Å². The summed E-state index contributed by atoms with van der Waals surface area (Å²) in [7, 11) is 0. The highest BCUT2D eigenvalue weighted by Gasteiger charge is 2.34. The minimum absolute atomic E-state index is 0.129. The summed E-state index contributed by atoms with van der Waals surface area (Å²) in [6.45, 7) is 3.69. The SMILES string of the molecule is CC(C)(Cl)[C@H](Sc1ccccc1)C(=O)Nc1ccc(Cl)cc1. The highest BCUT2D eigenvalue weighted by molar-refractivity contribution is 8.00. The zero-order chi connectivity index (χ0) is 16.2. The van der Waals surface area contributed by atoms with E-state index in [4.69, 9.17) is 23.2 Å². The van der Waals surface area contributed by atoms with Gasteiger partial charge >= 0.3 is 0 Å². The molecule has 2 aromatic carbocycles. The highest BCUT2D eigenvalue weighted by Crippen LogP contribution is 2.35. The Morgan fingerprint density at radius 3 is 2.23 bits per heavy atom. The summed E-state index contributed by atoms with van der Waals surface area (Å²) in [6, 6.07) is 16.8. The molecule has 2 nitrogen and oxygen atoms in total. The summed E-state index contributed by atoms with van der Waals surface area (Å²) in [6.07, 6.45) is 0. The van der Waals surface area contributed by atoms with Crippen molar-refractivity contribution in [3.8, 4) is 0 Å². The lowest BCUT2D eigenvalue weighted by atomic mass is 10.1. The molecule has 2 aromatic rings. The number of rotatable bonds is 5. The molecule has 1 amide bonds. The molecular weight excluding hydrogens is 337 g/mol. The molecule has 0 fully saturated rings.